The minimum Gasteiger partial charge on any atom is -0.387 e. The Balaban J connectivity index is 3.47. The lowest BCUT2D eigenvalue weighted by Crippen LogP contribution is -1.99. The summed E-state index contributed by atoms with van der Waals surface area (Å²) in [5.41, 5.74) is 6.37. The van der Waals surface area contributed by atoms with Crippen molar-refractivity contribution in [3.05, 3.63) is 34.9 Å². The van der Waals surface area contributed by atoms with E-state index in [9.17, 15) is 0 Å². The molecule has 13 heavy (non-hydrogen) atoms. The Morgan fingerprint density at radius 3 is 2.31 bits per heavy atom. The van der Waals surface area contributed by atoms with Crippen LogP contribution in [-0.4, -0.2) is 7.05 Å². The van der Waals surface area contributed by atoms with Gasteiger partial charge in [-0.3, -0.25) is 0 Å². The molecule has 1 nitrogen and oxygen atoms in total. The summed E-state index contributed by atoms with van der Waals surface area (Å²) in [7, 11) is 1.95. The van der Waals surface area contributed by atoms with Crippen LogP contribution in [0.5, 0.6) is 0 Å². The van der Waals surface area contributed by atoms with Crippen LogP contribution in [0.1, 0.15) is 22.3 Å². The van der Waals surface area contributed by atoms with Gasteiger partial charge < -0.3 is 5.32 Å². The number of hydrogen-bond donors (Lipinski definition) is 1. The first-order valence-electron chi connectivity index (χ1n) is 4.52. The van der Waals surface area contributed by atoms with Gasteiger partial charge in [0.25, 0.3) is 0 Å². The van der Waals surface area contributed by atoms with Crippen LogP contribution in [0.4, 0.5) is 5.69 Å². The fraction of sp³-hybridized carbons (Fsp3) is 0.333. The van der Waals surface area contributed by atoms with E-state index in [0.29, 0.717) is 0 Å². The lowest BCUT2D eigenvalue weighted by molar-refractivity contribution is 1.25. The molecule has 0 fully saturated rings. The standard InChI is InChI=1S/C12H17N/c1-6-11-7-8(2)9(3)10(4)12(11)13-5/h6-7,13H,1H2,2-5H3. The van der Waals surface area contributed by atoms with Crippen molar-refractivity contribution >= 4 is 11.8 Å². The van der Waals surface area contributed by atoms with Gasteiger partial charge in [-0.25, -0.2) is 0 Å². The summed E-state index contributed by atoms with van der Waals surface area (Å²) in [6.07, 6.45) is 1.89. The summed E-state index contributed by atoms with van der Waals surface area (Å²) >= 11 is 0. The van der Waals surface area contributed by atoms with E-state index in [1.54, 1.807) is 0 Å². The Labute approximate surface area is 80.5 Å². The molecule has 0 atom stereocenters. The van der Waals surface area contributed by atoms with E-state index in [1.807, 2.05) is 13.1 Å². The number of anilines is 1. The number of aryl methyl sites for hydroxylation is 1. The fourth-order valence-corrected chi connectivity index (χ4v) is 1.61. The molecule has 1 rings (SSSR count). The number of rotatable bonds is 2. The second kappa shape index (κ2) is 3.65. The van der Waals surface area contributed by atoms with Crippen LogP contribution < -0.4 is 5.32 Å². The van der Waals surface area contributed by atoms with E-state index >= 15 is 0 Å². The predicted molar refractivity (Wildman–Crippen MR) is 60.3 cm³/mol. The first-order valence-corrected chi connectivity index (χ1v) is 4.52. The van der Waals surface area contributed by atoms with E-state index < -0.39 is 0 Å². The van der Waals surface area contributed by atoms with Crippen LogP contribution in [0.25, 0.3) is 6.08 Å². The van der Waals surface area contributed by atoms with Crippen molar-refractivity contribution in [3.63, 3.8) is 0 Å². The summed E-state index contributed by atoms with van der Waals surface area (Å²) in [4.78, 5) is 0. The lowest BCUT2D eigenvalue weighted by atomic mass is 9.98. The third kappa shape index (κ3) is 1.59. The third-order valence-corrected chi connectivity index (χ3v) is 2.66. The molecule has 1 aromatic carbocycles. The fourth-order valence-electron chi connectivity index (χ4n) is 1.61. The minimum atomic E-state index is 1.18. The molecule has 1 heteroatoms. The monoisotopic (exact) mass is 175 g/mol. The molecule has 0 bridgehead atoms. The highest BCUT2D eigenvalue weighted by molar-refractivity contribution is 5.71. The molecule has 0 aromatic heterocycles. The predicted octanol–water partition coefficient (Wildman–Crippen LogP) is 3.30. The summed E-state index contributed by atoms with van der Waals surface area (Å²) in [6, 6.07) is 2.17. The molecule has 0 radical (unpaired) electrons. The Morgan fingerprint density at radius 2 is 1.85 bits per heavy atom. The Hall–Kier alpha value is -1.24. The van der Waals surface area contributed by atoms with Gasteiger partial charge in [-0.1, -0.05) is 12.7 Å². The van der Waals surface area contributed by atoms with Gasteiger partial charge in [0.05, 0.1) is 0 Å². The summed E-state index contributed by atoms with van der Waals surface area (Å²) < 4.78 is 0. The molecule has 1 aromatic rings. The SMILES string of the molecule is C=Cc1cc(C)c(C)c(C)c1NC. The van der Waals surface area contributed by atoms with Crippen molar-refractivity contribution in [1.82, 2.24) is 0 Å². The minimum absolute atomic E-state index is 1.18. The Kier molecular flexibility index (Phi) is 2.76. The molecule has 0 aliphatic carbocycles. The molecule has 0 amide bonds. The number of nitrogens with one attached hydrogen (secondary N) is 1. The van der Waals surface area contributed by atoms with Crippen LogP contribution in [-0.2, 0) is 0 Å². The van der Waals surface area contributed by atoms with Gasteiger partial charge in [0, 0.05) is 12.7 Å². The van der Waals surface area contributed by atoms with E-state index in [-0.39, 0.29) is 0 Å². The molecule has 0 heterocycles. The average molecular weight is 175 g/mol. The molecular formula is C12H17N. The molecule has 0 aliphatic heterocycles. The summed E-state index contributed by atoms with van der Waals surface area (Å²) in [6.45, 7) is 10.2. The molecular weight excluding hydrogens is 158 g/mol. The van der Waals surface area contributed by atoms with Crippen molar-refractivity contribution < 1.29 is 0 Å². The summed E-state index contributed by atoms with van der Waals surface area (Å²) in [5, 5.41) is 3.21. The molecule has 0 spiro atoms. The van der Waals surface area contributed by atoms with Gasteiger partial charge in [-0.15, -0.1) is 0 Å². The van der Waals surface area contributed by atoms with Crippen molar-refractivity contribution in [1.29, 1.82) is 0 Å². The van der Waals surface area contributed by atoms with Crippen molar-refractivity contribution in [2.75, 3.05) is 12.4 Å². The zero-order valence-electron chi connectivity index (χ0n) is 8.86. The second-order valence-electron chi connectivity index (χ2n) is 3.36. The highest BCUT2D eigenvalue weighted by Gasteiger charge is 2.06. The van der Waals surface area contributed by atoms with E-state index in [4.69, 9.17) is 0 Å². The third-order valence-electron chi connectivity index (χ3n) is 2.66. The topological polar surface area (TPSA) is 12.0 Å². The maximum absolute atomic E-state index is 3.81. The molecule has 70 valence electrons. The van der Waals surface area contributed by atoms with Crippen LogP contribution in [0.3, 0.4) is 0 Å². The van der Waals surface area contributed by atoms with Gasteiger partial charge in [0.15, 0.2) is 0 Å². The maximum atomic E-state index is 3.81. The van der Waals surface area contributed by atoms with E-state index in [2.05, 4.69) is 38.7 Å². The van der Waals surface area contributed by atoms with Crippen LogP contribution >= 0.6 is 0 Å². The van der Waals surface area contributed by atoms with Gasteiger partial charge in [-0.05, 0) is 49.1 Å². The first-order chi connectivity index (χ1) is 6.11. The maximum Gasteiger partial charge on any atom is 0.0443 e. The Bertz CT molecular complexity index is 337. The molecule has 0 saturated heterocycles. The molecule has 0 unspecified atom stereocenters. The van der Waals surface area contributed by atoms with Crippen LogP contribution in [0.2, 0.25) is 0 Å². The number of hydrogen-bond acceptors (Lipinski definition) is 1. The first kappa shape index (κ1) is 9.85. The molecule has 1 N–H and O–H groups in total. The zero-order chi connectivity index (χ0) is 10.0. The second-order valence-corrected chi connectivity index (χ2v) is 3.36. The van der Waals surface area contributed by atoms with Crippen molar-refractivity contribution in [3.8, 4) is 0 Å². The van der Waals surface area contributed by atoms with E-state index in [1.165, 1.54) is 27.9 Å². The highest BCUT2D eigenvalue weighted by atomic mass is 14.8. The van der Waals surface area contributed by atoms with Crippen molar-refractivity contribution in [2.45, 2.75) is 20.8 Å². The zero-order valence-corrected chi connectivity index (χ0v) is 8.86. The van der Waals surface area contributed by atoms with Gasteiger partial charge in [-0.2, -0.15) is 0 Å². The van der Waals surface area contributed by atoms with Crippen LogP contribution in [0, 0.1) is 20.8 Å². The summed E-state index contributed by atoms with van der Waals surface area (Å²) in [5.74, 6) is 0. The smallest absolute Gasteiger partial charge is 0.0443 e. The van der Waals surface area contributed by atoms with Gasteiger partial charge in [0.1, 0.15) is 0 Å². The van der Waals surface area contributed by atoms with E-state index in [0.717, 1.165) is 0 Å². The van der Waals surface area contributed by atoms with Gasteiger partial charge >= 0.3 is 0 Å². The Morgan fingerprint density at radius 1 is 1.23 bits per heavy atom. The average Bonchev–Trinajstić information content (AvgIpc) is 2.13. The highest BCUT2D eigenvalue weighted by Crippen LogP contribution is 2.26. The quantitative estimate of drug-likeness (QED) is 0.727. The molecule has 0 aliphatic rings. The largest absolute Gasteiger partial charge is 0.387 e. The van der Waals surface area contributed by atoms with Gasteiger partial charge in [0.2, 0.25) is 0 Å². The lowest BCUT2D eigenvalue weighted by Gasteiger charge is -2.14. The molecule has 0 saturated carbocycles. The van der Waals surface area contributed by atoms with Crippen molar-refractivity contribution in [2.24, 2.45) is 0 Å². The number of benzene rings is 1. The van der Waals surface area contributed by atoms with Crippen LogP contribution in [0.15, 0.2) is 12.6 Å². The normalized spacial score (nSPS) is 9.85.